The number of allylic oxidation sites excluding steroid dienone is 1. The van der Waals surface area contributed by atoms with Gasteiger partial charge in [-0.3, -0.25) is 0 Å². The van der Waals surface area contributed by atoms with E-state index in [2.05, 4.69) is 6.08 Å². The first-order valence-electron chi connectivity index (χ1n) is 12.0. The molecule has 0 radical (unpaired) electrons. The maximum absolute atomic E-state index is 11.9. The third kappa shape index (κ3) is 7.12. The minimum atomic E-state index is -1.17. The Hall–Kier alpha value is -2.76. The van der Waals surface area contributed by atoms with E-state index in [1.54, 1.807) is 0 Å². The monoisotopic (exact) mass is 458 g/mol. The highest BCUT2D eigenvalue weighted by Gasteiger charge is 2.43. The number of ether oxygens (including phenoxy) is 3. The molecule has 1 aliphatic rings. The van der Waals surface area contributed by atoms with Gasteiger partial charge in [0.1, 0.15) is 17.8 Å². The third-order valence-corrected chi connectivity index (χ3v) is 6.16. The predicted octanol–water partition coefficient (Wildman–Crippen LogP) is 5.85. The standard InChI is InChI=1S/C30H34O4/c31-30(24-32-21-25-13-5-1-6-14-25)20-12-4-11-19-28(33-22-26-15-7-2-8-16-26)29(30)34-23-27-17-9-3-10-18-27/h1-3,5-11,13-19,28-29,31H,4,12,20-24H2/b19-11-/t28-,29+,30+/m1/s1. The van der Waals surface area contributed by atoms with E-state index in [1.165, 1.54) is 0 Å². The summed E-state index contributed by atoms with van der Waals surface area (Å²) in [4.78, 5) is 0. The minimum Gasteiger partial charge on any atom is -0.385 e. The van der Waals surface area contributed by atoms with E-state index in [-0.39, 0.29) is 6.61 Å². The number of rotatable bonds is 10. The van der Waals surface area contributed by atoms with E-state index < -0.39 is 17.8 Å². The largest absolute Gasteiger partial charge is 0.385 e. The number of aliphatic hydroxyl groups is 1. The summed E-state index contributed by atoms with van der Waals surface area (Å²) in [6.45, 7) is 1.47. The average molecular weight is 459 g/mol. The molecule has 0 amide bonds. The van der Waals surface area contributed by atoms with E-state index in [9.17, 15) is 5.11 Å². The summed E-state index contributed by atoms with van der Waals surface area (Å²) in [6, 6.07) is 30.2. The van der Waals surface area contributed by atoms with Gasteiger partial charge in [-0.15, -0.1) is 0 Å². The highest BCUT2D eigenvalue weighted by molar-refractivity contribution is 5.16. The van der Waals surface area contributed by atoms with Crippen LogP contribution in [0.5, 0.6) is 0 Å². The molecule has 0 aliphatic heterocycles. The Morgan fingerprint density at radius 2 is 1.24 bits per heavy atom. The molecule has 1 aliphatic carbocycles. The molecule has 178 valence electrons. The molecule has 3 aromatic rings. The molecule has 3 aromatic carbocycles. The Morgan fingerprint density at radius 1 is 0.706 bits per heavy atom. The van der Waals surface area contributed by atoms with Crippen LogP contribution in [0.15, 0.2) is 103 Å². The van der Waals surface area contributed by atoms with Gasteiger partial charge in [-0.25, -0.2) is 0 Å². The van der Waals surface area contributed by atoms with Crippen LogP contribution in [0.1, 0.15) is 36.0 Å². The van der Waals surface area contributed by atoms with Gasteiger partial charge in [-0.05, 0) is 36.0 Å². The molecule has 0 aromatic heterocycles. The van der Waals surface area contributed by atoms with Gasteiger partial charge in [0, 0.05) is 0 Å². The van der Waals surface area contributed by atoms with Crippen LogP contribution >= 0.6 is 0 Å². The summed E-state index contributed by atoms with van der Waals surface area (Å²) >= 11 is 0. The highest BCUT2D eigenvalue weighted by Crippen LogP contribution is 2.30. The normalized spacial score (nSPS) is 23.7. The van der Waals surface area contributed by atoms with Gasteiger partial charge >= 0.3 is 0 Å². The maximum Gasteiger partial charge on any atom is 0.119 e. The van der Waals surface area contributed by atoms with Gasteiger partial charge < -0.3 is 19.3 Å². The number of hydrogen-bond donors (Lipinski definition) is 1. The van der Waals surface area contributed by atoms with E-state index in [1.807, 2.05) is 97.1 Å². The fourth-order valence-electron chi connectivity index (χ4n) is 4.30. The quantitative estimate of drug-likeness (QED) is 0.388. The summed E-state index contributed by atoms with van der Waals surface area (Å²) < 4.78 is 18.8. The Bertz CT molecular complexity index is 990. The molecule has 4 nitrogen and oxygen atoms in total. The molecule has 34 heavy (non-hydrogen) atoms. The molecule has 0 saturated heterocycles. The minimum absolute atomic E-state index is 0.181. The van der Waals surface area contributed by atoms with E-state index in [4.69, 9.17) is 14.2 Å². The number of hydrogen-bond acceptors (Lipinski definition) is 4. The molecule has 4 heteroatoms. The van der Waals surface area contributed by atoms with Gasteiger partial charge in [0.05, 0.1) is 26.4 Å². The van der Waals surface area contributed by atoms with Crippen LogP contribution < -0.4 is 0 Å². The van der Waals surface area contributed by atoms with Crippen molar-refractivity contribution in [3.05, 3.63) is 120 Å². The zero-order chi connectivity index (χ0) is 23.5. The summed E-state index contributed by atoms with van der Waals surface area (Å²) in [5.41, 5.74) is 2.05. The van der Waals surface area contributed by atoms with E-state index >= 15 is 0 Å². The van der Waals surface area contributed by atoms with Gasteiger partial charge in [0.25, 0.3) is 0 Å². The zero-order valence-corrected chi connectivity index (χ0v) is 19.6. The molecule has 4 rings (SSSR count). The maximum atomic E-state index is 11.9. The average Bonchev–Trinajstić information content (AvgIpc) is 2.87. The first kappa shape index (κ1) is 24.4. The highest BCUT2D eigenvalue weighted by atomic mass is 16.6. The second-order valence-corrected chi connectivity index (χ2v) is 8.88. The van der Waals surface area contributed by atoms with E-state index in [0.717, 1.165) is 29.5 Å². The predicted molar refractivity (Wildman–Crippen MR) is 134 cm³/mol. The van der Waals surface area contributed by atoms with Crippen molar-refractivity contribution in [1.29, 1.82) is 0 Å². The van der Waals surface area contributed by atoms with Crippen molar-refractivity contribution in [3.8, 4) is 0 Å². The van der Waals surface area contributed by atoms with Crippen LogP contribution in [0.25, 0.3) is 0 Å². The zero-order valence-electron chi connectivity index (χ0n) is 19.6. The molecule has 0 unspecified atom stereocenters. The third-order valence-electron chi connectivity index (χ3n) is 6.16. The van der Waals surface area contributed by atoms with Crippen LogP contribution in [0, 0.1) is 0 Å². The van der Waals surface area contributed by atoms with Crippen LogP contribution in [-0.4, -0.2) is 29.5 Å². The SMILES string of the molecule is O[C@]1(COCc2ccccc2)CCC/C=C\[C@@H](OCc2ccccc2)[C@@H]1OCc1ccccc1. The van der Waals surface area contributed by atoms with Gasteiger partial charge in [-0.1, -0.05) is 103 Å². The lowest BCUT2D eigenvalue weighted by molar-refractivity contribution is -0.191. The van der Waals surface area contributed by atoms with Crippen molar-refractivity contribution in [3.63, 3.8) is 0 Å². The van der Waals surface area contributed by atoms with Gasteiger partial charge in [0.2, 0.25) is 0 Å². The molecule has 0 spiro atoms. The van der Waals surface area contributed by atoms with Crippen LogP contribution in [0.3, 0.4) is 0 Å². The Labute approximate surface area is 202 Å². The lowest BCUT2D eigenvalue weighted by Crippen LogP contribution is -2.54. The number of benzene rings is 3. The molecule has 0 heterocycles. The van der Waals surface area contributed by atoms with E-state index in [0.29, 0.717) is 26.2 Å². The molecular formula is C30H34O4. The lowest BCUT2D eigenvalue weighted by atomic mass is 9.85. The fraction of sp³-hybridized carbons (Fsp3) is 0.333. The molecule has 1 N–H and O–H groups in total. The van der Waals surface area contributed by atoms with Gasteiger partial charge in [-0.2, -0.15) is 0 Å². The second kappa shape index (κ2) is 12.6. The van der Waals surface area contributed by atoms with Crippen molar-refractivity contribution >= 4 is 0 Å². The molecule has 0 fully saturated rings. The van der Waals surface area contributed by atoms with Crippen molar-refractivity contribution in [2.24, 2.45) is 0 Å². The van der Waals surface area contributed by atoms with Crippen molar-refractivity contribution in [2.45, 2.75) is 56.9 Å². The second-order valence-electron chi connectivity index (χ2n) is 8.88. The topological polar surface area (TPSA) is 47.9 Å². The van der Waals surface area contributed by atoms with Crippen LogP contribution in [0.2, 0.25) is 0 Å². The van der Waals surface area contributed by atoms with Crippen molar-refractivity contribution in [2.75, 3.05) is 6.61 Å². The van der Waals surface area contributed by atoms with Gasteiger partial charge in [0.15, 0.2) is 0 Å². The van der Waals surface area contributed by atoms with Crippen LogP contribution in [-0.2, 0) is 34.0 Å². The Kier molecular flexibility index (Phi) is 9.05. The Morgan fingerprint density at radius 3 is 1.82 bits per heavy atom. The van der Waals surface area contributed by atoms with Crippen molar-refractivity contribution < 1.29 is 19.3 Å². The van der Waals surface area contributed by atoms with Crippen LogP contribution in [0.4, 0.5) is 0 Å². The molecule has 0 bridgehead atoms. The summed E-state index contributed by atoms with van der Waals surface area (Å²) in [5.74, 6) is 0. The van der Waals surface area contributed by atoms with Crippen molar-refractivity contribution in [1.82, 2.24) is 0 Å². The fourth-order valence-corrected chi connectivity index (χ4v) is 4.30. The Balaban J connectivity index is 1.51. The summed E-state index contributed by atoms with van der Waals surface area (Å²) in [5, 5.41) is 11.9. The molecule has 0 saturated carbocycles. The summed E-state index contributed by atoms with van der Waals surface area (Å²) in [6.07, 6.45) is 5.55. The summed E-state index contributed by atoms with van der Waals surface area (Å²) in [7, 11) is 0. The molecule has 3 atom stereocenters. The first-order chi connectivity index (χ1) is 16.7. The molecular weight excluding hydrogens is 424 g/mol. The lowest BCUT2D eigenvalue weighted by Gasteiger charge is -2.40. The smallest absolute Gasteiger partial charge is 0.119 e. The first-order valence-corrected chi connectivity index (χ1v) is 12.0.